The molecule has 0 radical (unpaired) electrons. The van der Waals surface area contributed by atoms with Gasteiger partial charge >= 0.3 is 0 Å². The molecule has 2 heterocycles. The Hall–Kier alpha value is -2.58. The number of rotatable bonds is 6. The predicted molar refractivity (Wildman–Crippen MR) is 94.3 cm³/mol. The van der Waals surface area contributed by atoms with Gasteiger partial charge in [-0.2, -0.15) is 0 Å². The SMILES string of the molecule is O=C(N[C@H](Cc1ccccc1)C(=O)Nc1nncs1)c1cccs1. The fourth-order valence-electron chi connectivity index (χ4n) is 2.12. The van der Waals surface area contributed by atoms with Crippen LogP contribution in [0.1, 0.15) is 15.2 Å². The molecule has 3 rings (SSSR count). The molecule has 0 spiro atoms. The Balaban J connectivity index is 1.74. The Kier molecular flexibility index (Phi) is 5.29. The Morgan fingerprint density at radius 1 is 1.08 bits per heavy atom. The molecule has 0 unspecified atom stereocenters. The lowest BCUT2D eigenvalue weighted by Crippen LogP contribution is -2.45. The quantitative estimate of drug-likeness (QED) is 0.709. The van der Waals surface area contributed by atoms with E-state index in [-0.39, 0.29) is 11.8 Å². The minimum absolute atomic E-state index is 0.265. The van der Waals surface area contributed by atoms with Crippen molar-refractivity contribution < 1.29 is 9.59 Å². The second-order valence-corrected chi connectivity index (χ2v) is 6.71. The Bertz CT molecular complexity index is 789. The number of nitrogens with zero attached hydrogens (tertiary/aromatic N) is 2. The fourth-order valence-corrected chi connectivity index (χ4v) is 3.19. The van der Waals surface area contributed by atoms with E-state index in [0.29, 0.717) is 16.4 Å². The average Bonchev–Trinajstić information content (AvgIpc) is 3.29. The van der Waals surface area contributed by atoms with Crippen molar-refractivity contribution in [2.45, 2.75) is 12.5 Å². The number of carbonyl (C=O) groups excluding carboxylic acids is 2. The number of carbonyl (C=O) groups is 2. The van der Waals surface area contributed by atoms with E-state index in [1.807, 2.05) is 35.7 Å². The number of nitrogens with one attached hydrogen (secondary N) is 2. The largest absolute Gasteiger partial charge is 0.339 e. The highest BCUT2D eigenvalue weighted by Crippen LogP contribution is 2.12. The average molecular weight is 358 g/mol. The highest BCUT2D eigenvalue weighted by atomic mass is 32.1. The van der Waals surface area contributed by atoms with E-state index in [1.165, 1.54) is 28.2 Å². The molecule has 3 aromatic rings. The summed E-state index contributed by atoms with van der Waals surface area (Å²) in [5.41, 5.74) is 2.49. The highest BCUT2D eigenvalue weighted by Gasteiger charge is 2.23. The predicted octanol–water partition coefficient (Wildman–Crippen LogP) is 2.58. The summed E-state index contributed by atoms with van der Waals surface area (Å²) in [6, 6.07) is 12.4. The molecule has 0 saturated carbocycles. The van der Waals surface area contributed by atoms with Crippen molar-refractivity contribution in [1.29, 1.82) is 0 Å². The molecule has 0 saturated heterocycles. The lowest BCUT2D eigenvalue weighted by atomic mass is 10.1. The number of anilines is 1. The molecule has 8 heteroatoms. The van der Waals surface area contributed by atoms with Crippen LogP contribution in [0.5, 0.6) is 0 Å². The van der Waals surface area contributed by atoms with E-state index in [2.05, 4.69) is 20.8 Å². The van der Waals surface area contributed by atoms with Gasteiger partial charge in [0.25, 0.3) is 5.91 Å². The number of thiophene rings is 1. The van der Waals surface area contributed by atoms with E-state index in [4.69, 9.17) is 0 Å². The zero-order chi connectivity index (χ0) is 16.8. The third-order valence-corrected chi connectivity index (χ3v) is 4.71. The standard InChI is InChI=1S/C16H14N4O2S2/c21-14(19-16-20-17-10-24-16)12(9-11-5-2-1-3-6-11)18-15(22)13-7-4-8-23-13/h1-8,10,12H,9H2,(H,18,22)(H,19,20,21)/t12-/m1/s1. The highest BCUT2D eigenvalue weighted by molar-refractivity contribution is 7.13. The normalized spacial score (nSPS) is 11.7. The van der Waals surface area contributed by atoms with Crippen LogP contribution < -0.4 is 10.6 Å². The smallest absolute Gasteiger partial charge is 0.262 e. The molecule has 0 aliphatic carbocycles. The van der Waals surface area contributed by atoms with Crippen LogP contribution >= 0.6 is 22.7 Å². The van der Waals surface area contributed by atoms with Gasteiger partial charge in [0.15, 0.2) is 0 Å². The molecule has 0 aliphatic heterocycles. The molecule has 0 fully saturated rings. The van der Waals surface area contributed by atoms with Crippen molar-refractivity contribution in [2.75, 3.05) is 5.32 Å². The molecule has 2 aromatic heterocycles. The molecule has 122 valence electrons. The van der Waals surface area contributed by atoms with Gasteiger partial charge in [0.2, 0.25) is 11.0 Å². The zero-order valence-corrected chi connectivity index (χ0v) is 14.1. The second-order valence-electron chi connectivity index (χ2n) is 4.93. The summed E-state index contributed by atoms with van der Waals surface area (Å²) in [6.45, 7) is 0. The van der Waals surface area contributed by atoms with Gasteiger partial charge in [-0.3, -0.25) is 14.9 Å². The Morgan fingerprint density at radius 2 is 1.92 bits per heavy atom. The van der Waals surface area contributed by atoms with Crippen LogP contribution in [0.25, 0.3) is 0 Å². The van der Waals surface area contributed by atoms with Gasteiger partial charge in [0.05, 0.1) is 4.88 Å². The number of hydrogen-bond acceptors (Lipinski definition) is 6. The number of hydrogen-bond donors (Lipinski definition) is 2. The third kappa shape index (κ3) is 4.24. The fraction of sp³-hybridized carbons (Fsp3) is 0.125. The molecule has 1 atom stereocenters. The lowest BCUT2D eigenvalue weighted by molar-refractivity contribution is -0.118. The summed E-state index contributed by atoms with van der Waals surface area (Å²) in [7, 11) is 0. The van der Waals surface area contributed by atoms with Crippen molar-refractivity contribution in [3.05, 3.63) is 63.8 Å². The summed E-state index contributed by atoms with van der Waals surface area (Å²) in [4.78, 5) is 25.4. The van der Waals surface area contributed by atoms with Gasteiger partial charge in [-0.05, 0) is 17.0 Å². The van der Waals surface area contributed by atoms with Crippen LogP contribution in [-0.2, 0) is 11.2 Å². The van der Waals surface area contributed by atoms with Gasteiger partial charge < -0.3 is 5.32 Å². The van der Waals surface area contributed by atoms with Crippen molar-refractivity contribution in [2.24, 2.45) is 0 Å². The summed E-state index contributed by atoms with van der Waals surface area (Å²) < 4.78 is 0. The van der Waals surface area contributed by atoms with E-state index < -0.39 is 6.04 Å². The first-order valence-electron chi connectivity index (χ1n) is 7.17. The minimum Gasteiger partial charge on any atom is -0.339 e. The molecule has 0 aliphatic rings. The monoisotopic (exact) mass is 358 g/mol. The molecule has 0 bridgehead atoms. The van der Waals surface area contributed by atoms with E-state index in [9.17, 15) is 9.59 Å². The minimum atomic E-state index is -0.703. The molecular weight excluding hydrogens is 344 g/mol. The maximum atomic E-state index is 12.5. The first-order valence-corrected chi connectivity index (χ1v) is 8.93. The summed E-state index contributed by atoms with van der Waals surface area (Å²) >= 11 is 2.56. The molecule has 2 amide bonds. The van der Waals surface area contributed by atoms with Crippen LogP contribution in [0.4, 0.5) is 5.13 Å². The molecule has 1 aromatic carbocycles. The van der Waals surface area contributed by atoms with E-state index in [0.717, 1.165) is 5.56 Å². The van der Waals surface area contributed by atoms with Crippen molar-refractivity contribution in [3.63, 3.8) is 0 Å². The Morgan fingerprint density at radius 3 is 2.58 bits per heavy atom. The summed E-state index contributed by atoms with van der Waals surface area (Å²) in [5.74, 6) is -0.584. The molecule has 6 nitrogen and oxygen atoms in total. The number of aromatic nitrogens is 2. The Labute approximate surface area is 146 Å². The number of amides is 2. The second kappa shape index (κ2) is 7.80. The number of benzene rings is 1. The molecular formula is C16H14N4O2S2. The van der Waals surface area contributed by atoms with Crippen molar-refractivity contribution in [3.8, 4) is 0 Å². The van der Waals surface area contributed by atoms with Crippen LogP contribution in [0.15, 0.2) is 53.4 Å². The van der Waals surface area contributed by atoms with Gasteiger partial charge in [0.1, 0.15) is 11.6 Å². The maximum Gasteiger partial charge on any atom is 0.262 e. The lowest BCUT2D eigenvalue weighted by Gasteiger charge is -2.17. The molecule has 24 heavy (non-hydrogen) atoms. The van der Waals surface area contributed by atoms with E-state index in [1.54, 1.807) is 12.1 Å². The van der Waals surface area contributed by atoms with Crippen molar-refractivity contribution >= 4 is 39.6 Å². The third-order valence-electron chi connectivity index (χ3n) is 3.24. The topological polar surface area (TPSA) is 84.0 Å². The summed E-state index contributed by atoms with van der Waals surface area (Å²) in [6.07, 6.45) is 0.391. The molecule has 2 N–H and O–H groups in total. The van der Waals surface area contributed by atoms with Crippen LogP contribution in [0.3, 0.4) is 0 Å². The summed E-state index contributed by atoms with van der Waals surface area (Å²) in [5, 5.41) is 15.2. The zero-order valence-electron chi connectivity index (χ0n) is 12.5. The van der Waals surface area contributed by atoms with Crippen LogP contribution in [-0.4, -0.2) is 28.1 Å². The van der Waals surface area contributed by atoms with Gasteiger partial charge in [0, 0.05) is 6.42 Å². The maximum absolute atomic E-state index is 12.5. The van der Waals surface area contributed by atoms with Gasteiger partial charge in [-0.15, -0.1) is 21.5 Å². The first kappa shape index (κ1) is 16.3. The van der Waals surface area contributed by atoms with E-state index >= 15 is 0 Å². The van der Waals surface area contributed by atoms with Crippen molar-refractivity contribution in [1.82, 2.24) is 15.5 Å². The first-order chi connectivity index (χ1) is 11.7. The van der Waals surface area contributed by atoms with Gasteiger partial charge in [-0.1, -0.05) is 47.7 Å². The van der Waals surface area contributed by atoms with Crippen LogP contribution in [0, 0.1) is 0 Å². The van der Waals surface area contributed by atoms with Crippen LogP contribution in [0.2, 0.25) is 0 Å². The van der Waals surface area contributed by atoms with Gasteiger partial charge in [-0.25, -0.2) is 0 Å².